The lowest BCUT2D eigenvalue weighted by Crippen LogP contribution is -2.22. The van der Waals surface area contributed by atoms with E-state index >= 15 is 0 Å². The number of hydrogen-bond donors (Lipinski definition) is 1. The molecule has 1 N–H and O–H groups in total. The summed E-state index contributed by atoms with van der Waals surface area (Å²) < 4.78 is 5.29. The lowest BCUT2D eigenvalue weighted by molar-refractivity contribution is 0.137. The van der Waals surface area contributed by atoms with Crippen LogP contribution in [0.4, 0.5) is 0 Å². The molecule has 11 heavy (non-hydrogen) atoms. The second-order valence-electron chi connectivity index (χ2n) is 2.36. The van der Waals surface area contributed by atoms with E-state index in [1.54, 1.807) is 0 Å². The first-order chi connectivity index (χ1) is 5.41. The number of hydrogen-bond acceptors (Lipinski definition) is 3. The Morgan fingerprint density at radius 2 is 2.09 bits per heavy atom. The number of rotatable bonds is 8. The summed E-state index contributed by atoms with van der Waals surface area (Å²) in [4.78, 5) is 0. The van der Waals surface area contributed by atoms with Crippen LogP contribution in [-0.4, -0.2) is 38.3 Å². The summed E-state index contributed by atoms with van der Waals surface area (Å²) in [5.41, 5.74) is 0. The topological polar surface area (TPSA) is 21.3 Å². The third kappa shape index (κ3) is 10.3. The fourth-order valence-corrected chi connectivity index (χ4v) is 1.04. The van der Waals surface area contributed by atoms with Crippen LogP contribution in [0.5, 0.6) is 0 Å². The predicted molar refractivity (Wildman–Crippen MR) is 52.4 cm³/mol. The Kier molecular flexibility index (Phi) is 10.5. The molecule has 0 atom stereocenters. The highest BCUT2D eigenvalue weighted by molar-refractivity contribution is 7.98. The molecule has 0 aliphatic carbocycles. The lowest BCUT2D eigenvalue weighted by atomic mass is 10.5. The third-order valence-corrected chi connectivity index (χ3v) is 1.87. The molecule has 0 radical (unpaired) electrons. The molecule has 0 unspecified atom stereocenters. The molecule has 0 aromatic rings. The second kappa shape index (κ2) is 10.3. The fraction of sp³-hybridized carbons (Fsp3) is 1.00. The van der Waals surface area contributed by atoms with E-state index in [1.165, 1.54) is 5.75 Å². The van der Waals surface area contributed by atoms with Gasteiger partial charge in [-0.15, -0.1) is 0 Å². The van der Waals surface area contributed by atoms with E-state index in [0.717, 1.165) is 32.7 Å². The van der Waals surface area contributed by atoms with Crippen molar-refractivity contribution in [2.24, 2.45) is 0 Å². The zero-order valence-electron chi connectivity index (χ0n) is 7.56. The summed E-state index contributed by atoms with van der Waals surface area (Å²) >= 11 is 1.87. The molecule has 0 amide bonds. The van der Waals surface area contributed by atoms with Gasteiger partial charge in [0.15, 0.2) is 0 Å². The van der Waals surface area contributed by atoms with Crippen LogP contribution >= 0.6 is 11.8 Å². The predicted octanol–water partition coefficient (Wildman–Crippen LogP) is 1.37. The molecule has 0 rings (SSSR count). The van der Waals surface area contributed by atoms with Crippen molar-refractivity contribution in [2.45, 2.75) is 13.3 Å². The summed E-state index contributed by atoms with van der Waals surface area (Å²) in [6, 6.07) is 0. The quantitative estimate of drug-likeness (QED) is 0.566. The zero-order chi connectivity index (χ0) is 8.36. The Morgan fingerprint density at radius 1 is 1.27 bits per heavy atom. The number of ether oxygens (including phenoxy) is 1. The van der Waals surface area contributed by atoms with Crippen molar-refractivity contribution in [3.63, 3.8) is 0 Å². The van der Waals surface area contributed by atoms with E-state index in [0.29, 0.717) is 0 Å². The molecule has 0 saturated carbocycles. The van der Waals surface area contributed by atoms with Crippen molar-refractivity contribution in [2.75, 3.05) is 38.3 Å². The van der Waals surface area contributed by atoms with Gasteiger partial charge in [-0.1, -0.05) is 6.92 Å². The average molecular weight is 177 g/mol. The van der Waals surface area contributed by atoms with Crippen molar-refractivity contribution in [1.29, 1.82) is 0 Å². The van der Waals surface area contributed by atoms with Gasteiger partial charge in [-0.25, -0.2) is 0 Å². The van der Waals surface area contributed by atoms with Gasteiger partial charge in [0.1, 0.15) is 0 Å². The van der Waals surface area contributed by atoms with Gasteiger partial charge in [0.25, 0.3) is 0 Å². The van der Waals surface area contributed by atoms with Crippen LogP contribution in [0.2, 0.25) is 0 Å². The van der Waals surface area contributed by atoms with Gasteiger partial charge in [-0.3, -0.25) is 0 Å². The van der Waals surface area contributed by atoms with Crippen molar-refractivity contribution < 1.29 is 4.74 Å². The van der Waals surface area contributed by atoms with Crippen LogP contribution in [0, 0.1) is 0 Å². The maximum atomic E-state index is 5.29. The highest BCUT2D eigenvalue weighted by atomic mass is 32.2. The highest BCUT2D eigenvalue weighted by Crippen LogP contribution is 1.86. The first-order valence-corrected chi connectivity index (χ1v) is 5.58. The molecule has 0 fully saturated rings. The van der Waals surface area contributed by atoms with E-state index < -0.39 is 0 Å². The minimum Gasteiger partial charge on any atom is -0.380 e. The molecule has 0 aliphatic heterocycles. The standard InChI is InChI=1S/C8H19NOS/c1-3-6-10-7-4-9-5-8-11-2/h9H,3-8H2,1-2H3. The largest absolute Gasteiger partial charge is 0.380 e. The van der Waals surface area contributed by atoms with Crippen LogP contribution in [-0.2, 0) is 4.74 Å². The summed E-state index contributed by atoms with van der Waals surface area (Å²) in [6.45, 7) is 5.95. The van der Waals surface area contributed by atoms with E-state index in [1.807, 2.05) is 11.8 Å². The van der Waals surface area contributed by atoms with E-state index in [2.05, 4.69) is 18.5 Å². The Labute approximate surface area is 74.1 Å². The maximum absolute atomic E-state index is 5.29. The molecular formula is C8H19NOS. The molecule has 0 heterocycles. The Balaban J connectivity index is 2.69. The van der Waals surface area contributed by atoms with Crippen LogP contribution < -0.4 is 5.32 Å². The van der Waals surface area contributed by atoms with Gasteiger partial charge in [0.05, 0.1) is 6.61 Å². The van der Waals surface area contributed by atoms with Crippen molar-refractivity contribution >= 4 is 11.8 Å². The van der Waals surface area contributed by atoms with Gasteiger partial charge in [-0.05, 0) is 12.7 Å². The number of thioether (sulfide) groups is 1. The Hall–Kier alpha value is 0.270. The fourth-order valence-electron chi connectivity index (χ4n) is 0.690. The molecule has 2 nitrogen and oxygen atoms in total. The maximum Gasteiger partial charge on any atom is 0.0590 e. The third-order valence-electron chi connectivity index (χ3n) is 1.25. The molecule has 0 saturated heterocycles. The smallest absolute Gasteiger partial charge is 0.0590 e. The highest BCUT2D eigenvalue weighted by Gasteiger charge is 1.86. The molecule has 0 spiro atoms. The minimum absolute atomic E-state index is 0.849. The summed E-state index contributed by atoms with van der Waals surface area (Å²) in [7, 11) is 0. The monoisotopic (exact) mass is 177 g/mol. The van der Waals surface area contributed by atoms with Gasteiger partial charge >= 0.3 is 0 Å². The summed E-state index contributed by atoms with van der Waals surface area (Å²) in [5.74, 6) is 1.19. The van der Waals surface area contributed by atoms with Gasteiger partial charge in [0.2, 0.25) is 0 Å². The first-order valence-electron chi connectivity index (χ1n) is 4.19. The van der Waals surface area contributed by atoms with Gasteiger partial charge < -0.3 is 10.1 Å². The van der Waals surface area contributed by atoms with Crippen molar-refractivity contribution in [1.82, 2.24) is 5.32 Å². The van der Waals surface area contributed by atoms with Crippen LogP contribution in [0.1, 0.15) is 13.3 Å². The molecule has 3 heteroatoms. The second-order valence-corrected chi connectivity index (χ2v) is 3.34. The van der Waals surface area contributed by atoms with Gasteiger partial charge in [-0.2, -0.15) is 11.8 Å². The molecule has 0 bridgehead atoms. The molecule has 0 aromatic carbocycles. The first kappa shape index (κ1) is 11.3. The van der Waals surface area contributed by atoms with Gasteiger partial charge in [0, 0.05) is 25.4 Å². The van der Waals surface area contributed by atoms with Crippen LogP contribution in [0.25, 0.3) is 0 Å². The van der Waals surface area contributed by atoms with Crippen LogP contribution in [0.3, 0.4) is 0 Å². The summed E-state index contributed by atoms with van der Waals surface area (Å²) in [6.07, 6.45) is 3.24. The minimum atomic E-state index is 0.849. The molecule has 0 aliphatic rings. The SMILES string of the molecule is CCCOCCNCCSC. The van der Waals surface area contributed by atoms with Crippen LogP contribution in [0.15, 0.2) is 0 Å². The molecular weight excluding hydrogens is 158 g/mol. The number of nitrogens with one attached hydrogen (secondary N) is 1. The van der Waals surface area contributed by atoms with E-state index in [-0.39, 0.29) is 0 Å². The van der Waals surface area contributed by atoms with Crippen molar-refractivity contribution in [3.8, 4) is 0 Å². The Morgan fingerprint density at radius 3 is 2.73 bits per heavy atom. The van der Waals surface area contributed by atoms with Crippen molar-refractivity contribution in [3.05, 3.63) is 0 Å². The molecule has 68 valence electrons. The molecule has 0 aromatic heterocycles. The van der Waals surface area contributed by atoms with E-state index in [4.69, 9.17) is 4.74 Å². The lowest BCUT2D eigenvalue weighted by Gasteiger charge is -2.03. The van der Waals surface area contributed by atoms with E-state index in [9.17, 15) is 0 Å². The average Bonchev–Trinajstić information content (AvgIpc) is 2.03. The summed E-state index contributed by atoms with van der Waals surface area (Å²) in [5, 5.41) is 3.30. The normalized spacial score (nSPS) is 10.4. The zero-order valence-corrected chi connectivity index (χ0v) is 8.38. The Bertz CT molecular complexity index is 63.1.